The van der Waals surface area contributed by atoms with Gasteiger partial charge in [0.2, 0.25) is 11.8 Å². The van der Waals surface area contributed by atoms with Crippen LogP contribution in [0.3, 0.4) is 0 Å². The van der Waals surface area contributed by atoms with Crippen LogP contribution in [0.5, 0.6) is 11.8 Å². The van der Waals surface area contributed by atoms with Crippen LogP contribution in [-0.2, 0) is 13.2 Å². The molecule has 1 N–H and O–H groups in total. The molecule has 0 spiro atoms. The van der Waals surface area contributed by atoms with Crippen LogP contribution in [0.2, 0.25) is 0 Å². The largest absolute Gasteiger partial charge is 0.478 e. The van der Waals surface area contributed by atoms with Crippen molar-refractivity contribution in [3.63, 3.8) is 0 Å². The number of rotatable bonds is 8. The van der Waals surface area contributed by atoms with E-state index in [0.717, 1.165) is 16.7 Å². The highest BCUT2D eigenvalue weighted by molar-refractivity contribution is 5.97. The van der Waals surface area contributed by atoms with Gasteiger partial charge >= 0.3 is 5.97 Å². The topological polar surface area (TPSA) is 68.7 Å². The molecule has 0 amide bonds. The summed E-state index contributed by atoms with van der Waals surface area (Å²) >= 11 is 0. The van der Waals surface area contributed by atoms with Crippen molar-refractivity contribution in [1.29, 1.82) is 0 Å². The third-order valence-corrected chi connectivity index (χ3v) is 4.98. The summed E-state index contributed by atoms with van der Waals surface area (Å²) in [5, 5.41) is 9.73. The van der Waals surface area contributed by atoms with Crippen molar-refractivity contribution in [3.05, 3.63) is 113 Å². The Kier molecular flexibility index (Phi) is 6.46. The van der Waals surface area contributed by atoms with Gasteiger partial charge in [0.15, 0.2) is 0 Å². The molecule has 5 heteroatoms. The lowest BCUT2D eigenvalue weighted by molar-refractivity contribution is 0.0697. The van der Waals surface area contributed by atoms with Crippen LogP contribution in [0.1, 0.15) is 27.0 Å². The number of aromatic nitrogens is 1. The molecule has 0 saturated heterocycles. The fourth-order valence-corrected chi connectivity index (χ4v) is 3.35. The second-order valence-electron chi connectivity index (χ2n) is 7.40. The van der Waals surface area contributed by atoms with Crippen LogP contribution in [0.4, 0.5) is 0 Å². The number of benzene rings is 3. The Hall–Kier alpha value is -4.12. The second kappa shape index (κ2) is 9.79. The highest BCUT2D eigenvalue weighted by atomic mass is 16.5. The number of pyridine rings is 1. The van der Waals surface area contributed by atoms with Crippen LogP contribution >= 0.6 is 0 Å². The number of hydrogen-bond donors (Lipinski definition) is 1. The molecule has 4 rings (SSSR count). The predicted molar refractivity (Wildman–Crippen MR) is 123 cm³/mol. The summed E-state index contributed by atoms with van der Waals surface area (Å²) in [6.07, 6.45) is 0. The van der Waals surface area contributed by atoms with Gasteiger partial charge in [-0.25, -0.2) is 4.79 Å². The van der Waals surface area contributed by atoms with Gasteiger partial charge in [0.25, 0.3) is 0 Å². The van der Waals surface area contributed by atoms with Crippen molar-refractivity contribution in [3.8, 4) is 22.9 Å². The monoisotopic (exact) mass is 425 g/mol. The smallest absolute Gasteiger partial charge is 0.336 e. The number of aryl methyl sites for hydroxylation is 1. The Bertz CT molecular complexity index is 1210. The molecule has 160 valence electrons. The average molecular weight is 425 g/mol. The quantitative estimate of drug-likeness (QED) is 0.380. The number of hydrogen-bond acceptors (Lipinski definition) is 4. The summed E-state index contributed by atoms with van der Waals surface area (Å²) in [5.41, 5.74) is 4.23. The molecule has 0 saturated carbocycles. The van der Waals surface area contributed by atoms with E-state index in [4.69, 9.17) is 9.47 Å². The summed E-state index contributed by atoms with van der Waals surface area (Å²) in [4.78, 5) is 16.4. The van der Waals surface area contributed by atoms with Gasteiger partial charge in [-0.2, -0.15) is 4.98 Å². The summed E-state index contributed by atoms with van der Waals surface area (Å²) in [5.74, 6) is -0.266. The summed E-state index contributed by atoms with van der Waals surface area (Å²) < 4.78 is 11.9. The Morgan fingerprint density at radius 1 is 0.781 bits per heavy atom. The standard InChI is InChI=1S/C27H23NO4/c1-19-12-13-22(24(16-19)27(29)30)23-14-15-25(31-17-20-8-4-2-5-9-20)28-26(23)32-18-21-10-6-3-7-11-21/h2-16H,17-18H2,1H3,(H,29,30). The third kappa shape index (κ3) is 5.13. The van der Waals surface area contributed by atoms with Crippen LogP contribution in [0.25, 0.3) is 11.1 Å². The van der Waals surface area contributed by atoms with Gasteiger partial charge in [-0.05, 0) is 30.2 Å². The van der Waals surface area contributed by atoms with Crippen LogP contribution in [0.15, 0.2) is 91.0 Å². The zero-order valence-corrected chi connectivity index (χ0v) is 17.7. The summed E-state index contributed by atoms with van der Waals surface area (Å²) in [7, 11) is 0. The van der Waals surface area contributed by atoms with Crippen molar-refractivity contribution in [2.45, 2.75) is 20.1 Å². The minimum absolute atomic E-state index is 0.203. The first-order valence-electron chi connectivity index (χ1n) is 10.3. The molecule has 0 aliphatic carbocycles. The van der Waals surface area contributed by atoms with Crippen molar-refractivity contribution in [2.24, 2.45) is 0 Å². The summed E-state index contributed by atoms with van der Waals surface area (Å²) in [6, 6.07) is 28.4. The minimum Gasteiger partial charge on any atom is -0.478 e. The van der Waals surface area contributed by atoms with Crippen LogP contribution in [0, 0.1) is 6.92 Å². The molecule has 0 unspecified atom stereocenters. The van der Waals surface area contributed by atoms with E-state index in [1.165, 1.54) is 0 Å². The maximum atomic E-state index is 11.9. The van der Waals surface area contributed by atoms with E-state index in [2.05, 4.69) is 4.98 Å². The molecular weight excluding hydrogens is 402 g/mol. The van der Waals surface area contributed by atoms with Crippen LogP contribution in [-0.4, -0.2) is 16.1 Å². The summed E-state index contributed by atoms with van der Waals surface area (Å²) in [6.45, 7) is 2.54. The minimum atomic E-state index is -0.998. The first-order chi connectivity index (χ1) is 15.6. The SMILES string of the molecule is Cc1ccc(-c2ccc(OCc3ccccc3)nc2OCc2ccccc2)c(C(=O)O)c1. The maximum absolute atomic E-state index is 11.9. The molecule has 1 heterocycles. The van der Waals surface area contributed by atoms with Gasteiger partial charge in [0, 0.05) is 17.2 Å². The molecule has 5 nitrogen and oxygen atoms in total. The highest BCUT2D eigenvalue weighted by Crippen LogP contribution is 2.34. The number of carboxylic acids is 1. The van der Waals surface area contributed by atoms with Gasteiger partial charge in [0.1, 0.15) is 13.2 Å². The van der Waals surface area contributed by atoms with E-state index < -0.39 is 5.97 Å². The average Bonchev–Trinajstić information content (AvgIpc) is 2.83. The van der Waals surface area contributed by atoms with Gasteiger partial charge in [-0.15, -0.1) is 0 Å². The Morgan fingerprint density at radius 2 is 1.38 bits per heavy atom. The van der Waals surface area contributed by atoms with Crippen molar-refractivity contribution >= 4 is 5.97 Å². The first-order valence-corrected chi connectivity index (χ1v) is 10.3. The Balaban J connectivity index is 1.68. The molecule has 3 aromatic carbocycles. The van der Waals surface area contributed by atoms with Gasteiger partial charge in [0.05, 0.1) is 5.56 Å². The van der Waals surface area contributed by atoms with E-state index in [9.17, 15) is 9.90 Å². The molecule has 0 atom stereocenters. The Labute approximate surface area is 186 Å². The molecule has 0 bridgehead atoms. The molecule has 4 aromatic rings. The van der Waals surface area contributed by atoms with Crippen molar-refractivity contribution in [2.75, 3.05) is 0 Å². The van der Waals surface area contributed by atoms with Gasteiger partial charge in [-0.3, -0.25) is 0 Å². The number of carbonyl (C=O) groups is 1. The van der Waals surface area contributed by atoms with E-state index in [1.807, 2.05) is 73.7 Å². The van der Waals surface area contributed by atoms with E-state index >= 15 is 0 Å². The lowest BCUT2D eigenvalue weighted by atomic mass is 9.98. The molecule has 0 fully saturated rings. The normalized spacial score (nSPS) is 10.5. The lowest BCUT2D eigenvalue weighted by Gasteiger charge is -2.15. The second-order valence-corrected chi connectivity index (χ2v) is 7.40. The molecule has 0 aliphatic rings. The number of aromatic carboxylic acids is 1. The molecule has 0 radical (unpaired) electrons. The van der Waals surface area contributed by atoms with Gasteiger partial charge in [-0.1, -0.05) is 78.4 Å². The van der Waals surface area contributed by atoms with Crippen molar-refractivity contribution in [1.82, 2.24) is 4.98 Å². The Morgan fingerprint density at radius 3 is 2.00 bits per heavy atom. The van der Waals surface area contributed by atoms with Crippen LogP contribution < -0.4 is 9.47 Å². The van der Waals surface area contributed by atoms with E-state index in [-0.39, 0.29) is 5.56 Å². The maximum Gasteiger partial charge on any atom is 0.336 e. The number of carboxylic acid groups (broad SMARTS) is 1. The third-order valence-electron chi connectivity index (χ3n) is 4.98. The lowest BCUT2D eigenvalue weighted by Crippen LogP contribution is -2.05. The zero-order valence-electron chi connectivity index (χ0n) is 17.7. The van der Waals surface area contributed by atoms with Crippen molar-refractivity contribution < 1.29 is 19.4 Å². The fraction of sp³-hybridized carbons (Fsp3) is 0.111. The van der Waals surface area contributed by atoms with E-state index in [0.29, 0.717) is 36.1 Å². The fourth-order valence-electron chi connectivity index (χ4n) is 3.35. The predicted octanol–water partition coefficient (Wildman–Crippen LogP) is 5.91. The van der Waals surface area contributed by atoms with E-state index in [1.54, 1.807) is 24.3 Å². The highest BCUT2D eigenvalue weighted by Gasteiger charge is 2.18. The molecule has 0 aliphatic heterocycles. The molecule has 32 heavy (non-hydrogen) atoms. The zero-order chi connectivity index (χ0) is 22.3. The molecular formula is C27H23NO4. The first kappa shape index (κ1) is 21.1. The number of ether oxygens (including phenoxy) is 2. The van der Waals surface area contributed by atoms with Gasteiger partial charge < -0.3 is 14.6 Å². The molecule has 1 aromatic heterocycles. The number of nitrogens with zero attached hydrogens (tertiary/aromatic N) is 1.